The van der Waals surface area contributed by atoms with Gasteiger partial charge in [-0.1, -0.05) is 6.07 Å². The summed E-state index contributed by atoms with van der Waals surface area (Å²) in [5.41, 5.74) is 3.55. The summed E-state index contributed by atoms with van der Waals surface area (Å²) in [5.74, 6) is 0.839. The number of hydrogen-bond acceptors (Lipinski definition) is 6. The van der Waals surface area contributed by atoms with E-state index in [0.29, 0.717) is 28.3 Å². The molecule has 0 radical (unpaired) electrons. The normalized spacial score (nSPS) is 10.6. The third-order valence-corrected chi connectivity index (χ3v) is 4.06. The van der Waals surface area contributed by atoms with Crippen LogP contribution in [-0.4, -0.2) is 28.9 Å². The molecule has 23 heavy (non-hydrogen) atoms. The Kier molecular flexibility index (Phi) is 4.12. The molecule has 0 atom stereocenters. The first-order valence-electron chi connectivity index (χ1n) is 6.89. The maximum atomic E-state index is 12.5. The third kappa shape index (κ3) is 2.83. The Labute approximate surface area is 137 Å². The molecular weight excluding hydrogens is 314 g/mol. The van der Waals surface area contributed by atoms with Gasteiger partial charge in [0.15, 0.2) is 11.5 Å². The maximum absolute atomic E-state index is 12.5. The minimum absolute atomic E-state index is 0.241. The molecule has 0 fully saturated rings. The Morgan fingerprint density at radius 2 is 1.87 bits per heavy atom. The molecule has 1 aromatic heterocycles. The van der Waals surface area contributed by atoms with Crippen LogP contribution in [0.1, 0.15) is 15.9 Å². The fourth-order valence-corrected chi connectivity index (χ4v) is 2.82. The quantitative estimate of drug-likeness (QED) is 0.795. The van der Waals surface area contributed by atoms with E-state index in [9.17, 15) is 4.79 Å². The fraction of sp³-hybridized carbons (Fsp3) is 0.188. The summed E-state index contributed by atoms with van der Waals surface area (Å²) in [7, 11) is 3.09. The number of amides is 1. The molecular formula is C16H15N3O3S. The zero-order valence-corrected chi connectivity index (χ0v) is 13.7. The molecule has 3 rings (SSSR count). The number of methoxy groups -OCH3 is 2. The van der Waals surface area contributed by atoms with Gasteiger partial charge in [0.25, 0.3) is 5.91 Å². The van der Waals surface area contributed by atoms with Crippen molar-refractivity contribution in [2.45, 2.75) is 6.92 Å². The van der Waals surface area contributed by atoms with E-state index < -0.39 is 0 Å². The van der Waals surface area contributed by atoms with Crippen molar-refractivity contribution < 1.29 is 14.3 Å². The van der Waals surface area contributed by atoms with Gasteiger partial charge in [-0.2, -0.15) is 8.75 Å². The largest absolute Gasteiger partial charge is 0.493 e. The zero-order chi connectivity index (χ0) is 16.4. The first-order valence-corrected chi connectivity index (χ1v) is 7.62. The summed E-state index contributed by atoms with van der Waals surface area (Å²) < 4.78 is 18.9. The summed E-state index contributed by atoms with van der Waals surface area (Å²) in [5, 5.41) is 2.91. The number of aromatic nitrogens is 2. The molecule has 1 N–H and O–H groups in total. The molecule has 0 saturated heterocycles. The molecule has 0 aliphatic heterocycles. The first-order chi connectivity index (χ1) is 11.1. The minimum Gasteiger partial charge on any atom is -0.493 e. The highest BCUT2D eigenvalue weighted by Gasteiger charge is 2.15. The van der Waals surface area contributed by atoms with Gasteiger partial charge in [-0.3, -0.25) is 4.79 Å². The van der Waals surface area contributed by atoms with E-state index in [4.69, 9.17) is 9.47 Å². The summed E-state index contributed by atoms with van der Waals surface area (Å²) in [6.07, 6.45) is 0. The van der Waals surface area contributed by atoms with Crippen LogP contribution >= 0.6 is 11.7 Å². The lowest BCUT2D eigenvalue weighted by molar-refractivity contribution is 0.102. The number of carbonyl (C=O) groups is 1. The fourth-order valence-electron chi connectivity index (χ4n) is 2.27. The van der Waals surface area contributed by atoms with E-state index >= 15 is 0 Å². The number of aryl methyl sites for hydroxylation is 1. The van der Waals surface area contributed by atoms with Crippen molar-refractivity contribution in [3.05, 3.63) is 41.5 Å². The predicted molar refractivity (Wildman–Crippen MR) is 89.7 cm³/mol. The van der Waals surface area contributed by atoms with Gasteiger partial charge < -0.3 is 14.8 Å². The predicted octanol–water partition coefficient (Wildman–Crippen LogP) is 3.27. The monoisotopic (exact) mass is 329 g/mol. The van der Waals surface area contributed by atoms with Crippen LogP contribution in [0.2, 0.25) is 0 Å². The van der Waals surface area contributed by atoms with Crippen LogP contribution in [0.5, 0.6) is 11.5 Å². The van der Waals surface area contributed by atoms with Gasteiger partial charge in [0.05, 0.1) is 31.6 Å². The van der Waals surface area contributed by atoms with Gasteiger partial charge >= 0.3 is 0 Å². The average molecular weight is 329 g/mol. The second-order valence-corrected chi connectivity index (χ2v) is 5.44. The minimum atomic E-state index is -0.241. The lowest BCUT2D eigenvalue weighted by Crippen LogP contribution is -2.13. The highest BCUT2D eigenvalue weighted by Crippen LogP contribution is 2.29. The molecule has 6 nitrogen and oxygen atoms in total. The SMILES string of the molecule is COc1ccc(C(=O)Nc2c(C)ccc3nsnc23)cc1OC. The average Bonchev–Trinajstić information content (AvgIpc) is 3.05. The molecule has 2 aromatic carbocycles. The Morgan fingerprint density at radius 1 is 1.09 bits per heavy atom. The molecule has 7 heteroatoms. The standard InChI is InChI=1S/C16H15N3O3S/c1-9-4-6-11-15(19-23-18-11)14(9)17-16(20)10-5-7-12(21-2)13(8-10)22-3/h4-8H,1-3H3,(H,17,20). The molecule has 1 heterocycles. The Bertz CT molecular complexity index is 876. The van der Waals surface area contributed by atoms with Gasteiger partial charge in [-0.25, -0.2) is 0 Å². The smallest absolute Gasteiger partial charge is 0.255 e. The Hall–Kier alpha value is -2.67. The highest BCUT2D eigenvalue weighted by atomic mass is 32.1. The molecule has 0 unspecified atom stereocenters. The molecule has 0 aliphatic carbocycles. The zero-order valence-electron chi connectivity index (χ0n) is 12.9. The van der Waals surface area contributed by atoms with Gasteiger partial charge in [0, 0.05) is 5.56 Å². The summed E-state index contributed by atoms with van der Waals surface area (Å²) in [4.78, 5) is 12.5. The Morgan fingerprint density at radius 3 is 2.61 bits per heavy atom. The molecule has 0 saturated carbocycles. The van der Waals surface area contributed by atoms with Gasteiger partial charge in [-0.05, 0) is 36.8 Å². The Balaban J connectivity index is 1.95. The topological polar surface area (TPSA) is 73.3 Å². The molecule has 0 aliphatic rings. The van der Waals surface area contributed by atoms with Crippen molar-refractivity contribution in [3.63, 3.8) is 0 Å². The van der Waals surface area contributed by atoms with Crippen LogP contribution in [0.25, 0.3) is 11.0 Å². The molecule has 1 amide bonds. The van der Waals surface area contributed by atoms with E-state index in [1.807, 2.05) is 19.1 Å². The summed E-state index contributed by atoms with van der Waals surface area (Å²) in [6.45, 7) is 1.92. The lowest BCUT2D eigenvalue weighted by atomic mass is 10.1. The van der Waals surface area contributed by atoms with Crippen molar-refractivity contribution in [2.24, 2.45) is 0 Å². The van der Waals surface area contributed by atoms with Crippen LogP contribution in [0.3, 0.4) is 0 Å². The highest BCUT2D eigenvalue weighted by molar-refractivity contribution is 7.00. The number of hydrogen-bond donors (Lipinski definition) is 1. The maximum Gasteiger partial charge on any atom is 0.255 e. The molecule has 3 aromatic rings. The van der Waals surface area contributed by atoms with Crippen molar-refractivity contribution in [2.75, 3.05) is 19.5 Å². The van der Waals surface area contributed by atoms with Crippen molar-refractivity contribution in [3.8, 4) is 11.5 Å². The number of nitrogens with one attached hydrogen (secondary N) is 1. The van der Waals surface area contributed by atoms with Gasteiger partial charge in [0.2, 0.25) is 0 Å². The number of ether oxygens (including phenoxy) is 2. The van der Waals surface area contributed by atoms with Crippen molar-refractivity contribution in [1.29, 1.82) is 0 Å². The third-order valence-electron chi connectivity index (χ3n) is 3.52. The number of nitrogens with zero attached hydrogens (tertiary/aromatic N) is 2. The van der Waals surface area contributed by atoms with E-state index in [1.165, 1.54) is 7.11 Å². The molecule has 0 spiro atoms. The van der Waals surface area contributed by atoms with Crippen LogP contribution < -0.4 is 14.8 Å². The number of benzene rings is 2. The molecule has 118 valence electrons. The van der Waals surface area contributed by atoms with Crippen LogP contribution in [0, 0.1) is 6.92 Å². The van der Waals surface area contributed by atoms with Gasteiger partial charge in [0.1, 0.15) is 11.0 Å². The number of rotatable bonds is 4. The van der Waals surface area contributed by atoms with Crippen LogP contribution in [0.4, 0.5) is 5.69 Å². The number of carbonyl (C=O) groups excluding carboxylic acids is 1. The van der Waals surface area contributed by atoms with Crippen LogP contribution in [-0.2, 0) is 0 Å². The van der Waals surface area contributed by atoms with Crippen molar-refractivity contribution in [1.82, 2.24) is 8.75 Å². The van der Waals surface area contributed by atoms with E-state index in [1.54, 1.807) is 25.3 Å². The van der Waals surface area contributed by atoms with E-state index in [0.717, 1.165) is 22.8 Å². The summed E-state index contributed by atoms with van der Waals surface area (Å²) in [6, 6.07) is 8.83. The summed E-state index contributed by atoms with van der Waals surface area (Å²) >= 11 is 1.12. The molecule has 0 bridgehead atoms. The second-order valence-electron chi connectivity index (χ2n) is 4.91. The second kappa shape index (κ2) is 6.21. The first kappa shape index (κ1) is 15.2. The number of fused-ring (bicyclic) bond motifs is 1. The van der Waals surface area contributed by atoms with E-state index in [2.05, 4.69) is 14.1 Å². The van der Waals surface area contributed by atoms with Crippen molar-refractivity contribution >= 4 is 34.4 Å². The van der Waals surface area contributed by atoms with Gasteiger partial charge in [-0.15, -0.1) is 0 Å². The number of anilines is 1. The van der Waals surface area contributed by atoms with E-state index in [-0.39, 0.29) is 5.91 Å². The van der Waals surface area contributed by atoms with Crippen LogP contribution in [0.15, 0.2) is 30.3 Å². The lowest BCUT2D eigenvalue weighted by Gasteiger charge is -2.11.